The predicted molar refractivity (Wildman–Crippen MR) is 53.1 cm³/mol. The van der Waals surface area contributed by atoms with Gasteiger partial charge in [-0.25, -0.2) is 9.59 Å². The maximum Gasteiger partial charge on any atom is 0.335 e. The molecule has 1 aromatic carbocycles. The monoisotopic (exact) mass is 356 g/mol. The predicted octanol–water partition coefficient (Wildman–Crippen LogP) is 1.69. The molecule has 0 radical (unpaired) electrons. The molecule has 0 unspecified atom stereocenters. The summed E-state index contributed by atoms with van der Waals surface area (Å²) < 4.78 is 0.593. The van der Waals surface area contributed by atoms with Crippen molar-refractivity contribution in [2.75, 3.05) is 0 Å². The van der Waals surface area contributed by atoms with Crippen LogP contribution in [0.5, 0.6) is 0 Å². The molecule has 1 aromatic rings. The summed E-state index contributed by atoms with van der Waals surface area (Å²) >= 11 is 1.87. The number of hydrogen-bond donors (Lipinski definition) is 2. The molecule has 0 fully saturated rings. The van der Waals surface area contributed by atoms with Gasteiger partial charge in [-0.1, -0.05) is 0 Å². The molecule has 0 saturated carbocycles. The third-order valence-corrected chi connectivity index (χ3v) is 2.01. The Morgan fingerprint density at radius 2 is 1.36 bits per heavy atom. The van der Waals surface area contributed by atoms with Gasteiger partial charge in [-0.2, -0.15) is 0 Å². The average molecular weight is 357 g/mol. The summed E-state index contributed by atoms with van der Waals surface area (Å²) in [6.45, 7) is 0. The quantitative estimate of drug-likeness (QED) is 0.624. The Bertz CT molecular complexity index is 345. The second-order valence-electron chi connectivity index (χ2n) is 2.34. The van der Waals surface area contributed by atoms with Gasteiger partial charge in [0.25, 0.3) is 0 Å². The standard InChI is InChI=1S/C8H5IO4.Zn/c9-6-2-4(7(10)11)1-5(3-6)8(12)13;/h1-3H,(H,10,11)(H,12,13);. The van der Waals surface area contributed by atoms with Gasteiger partial charge in [-0.05, 0) is 40.8 Å². The largest absolute Gasteiger partial charge is 0.478 e. The molecular weight excluding hydrogens is 352 g/mol. The fourth-order valence-electron chi connectivity index (χ4n) is 0.837. The first-order valence-electron chi connectivity index (χ1n) is 3.28. The van der Waals surface area contributed by atoms with Gasteiger partial charge >= 0.3 is 11.9 Å². The zero-order valence-electron chi connectivity index (χ0n) is 7.03. The number of halogens is 1. The summed E-state index contributed by atoms with van der Waals surface area (Å²) in [6.07, 6.45) is 0. The van der Waals surface area contributed by atoms with Gasteiger partial charge < -0.3 is 10.2 Å². The molecule has 2 N–H and O–H groups in total. The molecule has 0 aliphatic rings. The van der Waals surface area contributed by atoms with Gasteiger partial charge in [0.15, 0.2) is 0 Å². The Balaban J connectivity index is 0.00000169. The van der Waals surface area contributed by atoms with Gasteiger partial charge in [0.2, 0.25) is 0 Å². The molecule has 0 amide bonds. The van der Waals surface area contributed by atoms with Crippen molar-refractivity contribution in [3.05, 3.63) is 32.9 Å². The molecule has 70 valence electrons. The molecule has 1 rings (SSSR count). The van der Waals surface area contributed by atoms with Crippen molar-refractivity contribution in [3.63, 3.8) is 0 Å². The molecule has 0 saturated heterocycles. The normalized spacial score (nSPS) is 8.93. The van der Waals surface area contributed by atoms with Crippen LogP contribution in [0.4, 0.5) is 0 Å². The van der Waals surface area contributed by atoms with E-state index in [9.17, 15) is 9.59 Å². The van der Waals surface area contributed by atoms with Crippen LogP contribution in [0.25, 0.3) is 0 Å². The Labute approximate surface area is 106 Å². The molecule has 0 aliphatic carbocycles. The van der Waals surface area contributed by atoms with Crippen molar-refractivity contribution in [2.24, 2.45) is 0 Å². The van der Waals surface area contributed by atoms with Crippen LogP contribution in [-0.4, -0.2) is 22.2 Å². The summed E-state index contributed by atoms with van der Waals surface area (Å²) in [6, 6.07) is 3.96. The van der Waals surface area contributed by atoms with Crippen LogP contribution in [0.15, 0.2) is 18.2 Å². The molecule has 6 heteroatoms. The number of carboxylic acids is 2. The Hall–Kier alpha value is -0.487. The second-order valence-corrected chi connectivity index (χ2v) is 3.58. The maximum atomic E-state index is 10.5. The van der Waals surface area contributed by atoms with Gasteiger partial charge in [-0.3, -0.25) is 0 Å². The van der Waals surface area contributed by atoms with Crippen molar-refractivity contribution < 1.29 is 39.3 Å². The summed E-state index contributed by atoms with van der Waals surface area (Å²) in [5.74, 6) is -2.25. The van der Waals surface area contributed by atoms with Crippen molar-refractivity contribution in [1.29, 1.82) is 0 Å². The SMILES string of the molecule is O=C(O)c1cc(I)cc(C(=O)O)c1.[Zn]. The van der Waals surface area contributed by atoms with Crippen LogP contribution in [0.3, 0.4) is 0 Å². The average Bonchev–Trinajstić information content (AvgIpc) is 2.03. The fourth-order valence-corrected chi connectivity index (χ4v) is 1.51. The van der Waals surface area contributed by atoms with E-state index >= 15 is 0 Å². The molecule has 0 atom stereocenters. The third kappa shape index (κ3) is 3.34. The second kappa shape index (κ2) is 5.41. The van der Waals surface area contributed by atoms with Crippen LogP contribution < -0.4 is 0 Å². The van der Waals surface area contributed by atoms with Gasteiger partial charge in [0.1, 0.15) is 0 Å². The maximum absolute atomic E-state index is 10.5. The number of carbonyl (C=O) groups is 2. The Kier molecular flexibility index (Phi) is 5.22. The van der Waals surface area contributed by atoms with Crippen LogP contribution in [-0.2, 0) is 19.5 Å². The van der Waals surface area contributed by atoms with E-state index in [0.717, 1.165) is 6.07 Å². The first-order chi connectivity index (χ1) is 6.00. The van der Waals surface area contributed by atoms with Gasteiger partial charge in [0.05, 0.1) is 11.1 Å². The van der Waals surface area contributed by atoms with Gasteiger partial charge in [-0.15, -0.1) is 0 Å². The van der Waals surface area contributed by atoms with Crippen LogP contribution in [0.2, 0.25) is 0 Å². The molecule has 0 bridgehead atoms. The molecule has 14 heavy (non-hydrogen) atoms. The summed E-state index contributed by atoms with van der Waals surface area (Å²) in [5.41, 5.74) is -0.0198. The Morgan fingerprint density at radius 3 is 1.64 bits per heavy atom. The number of benzene rings is 1. The summed E-state index contributed by atoms with van der Waals surface area (Å²) in [7, 11) is 0. The molecular formula is C8H5IO4Zn. The minimum atomic E-state index is -1.12. The van der Waals surface area contributed by atoms with Crippen LogP contribution in [0, 0.1) is 3.57 Å². The minimum Gasteiger partial charge on any atom is -0.478 e. The van der Waals surface area contributed by atoms with E-state index < -0.39 is 11.9 Å². The zero-order valence-corrected chi connectivity index (χ0v) is 12.2. The molecule has 0 aliphatic heterocycles. The molecule has 0 heterocycles. The Morgan fingerprint density at radius 1 is 1.00 bits per heavy atom. The minimum absolute atomic E-state index is 0. The third-order valence-electron chi connectivity index (χ3n) is 1.39. The van der Waals surface area contributed by atoms with E-state index in [1.54, 1.807) is 0 Å². The van der Waals surface area contributed by atoms with Crippen LogP contribution in [0.1, 0.15) is 20.7 Å². The molecule has 0 spiro atoms. The summed E-state index contributed by atoms with van der Waals surface area (Å²) in [5, 5.41) is 17.2. The smallest absolute Gasteiger partial charge is 0.335 e. The number of hydrogen-bond acceptors (Lipinski definition) is 2. The van der Waals surface area contributed by atoms with E-state index in [1.165, 1.54) is 12.1 Å². The number of rotatable bonds is 2. The first-order valence-corrected chi connectivity index (χ1v) is 4.36. The van der Waals surface area contributed by atoms with E-state index in [4.69, 9.17) is 10.2 Å². The van der Waals surface area contributed by atoms with Crippen molar-refractivity contribution in [2.45, 2.75) is 0 Å². The number of carboxylic acid groups (broad SMARTS) is 2. The van der Waals surface area contributed by atoms with Crippen LogP contribution >= 0.6 is 22.6 Å². The van der Waals surface area contributed by atoms with E-state index in [-0.39, 0.29) is 30.6 Å². The van der Waals surface area contributed by atoms with E-state index in [1.807, 2.05) is 22.6 Å². The molecule has 4 nitrogen and oxygen atoms in total. The van der Waals surface area contributed by atoms with E-state index in [2.05, 4.69) is 0 Å². The van der Waals surface area contributed by atoms with Gasteiger partial charge in [0, 0.05) is 23.0 Å². The fraction of sp³-hybridized carbons (Fsp3) is 0. The van der Waals surface area contributed by atoms with Crippen molar-refractivity contribution >= 4 is 34.5 Å². The van der Waals surface area contributed by atoms with Crippen molar-refractivity contribution in [3.8, 4) is 0 Å². The van der Waals surface area contributed by atoms with E-state index in [0.29, 0.717) is 3.57 Å². The topological polar surface area (TPSA) is 74.6 Å². The van der Waals surface area contributed by atoms with Crippen molar-refractivity contribution in [1.82, 2.24) is 0 Å². The molecule has 0 aromatic heterocycles. The zero-order chi connectivity index (χ0) is 10.0. The number of aromatic carboxylic acids is 2. The first kappa shape index (κ1) is 13.5. The summed E-state index contributed by atoms with van der Waals surface area (Å²) in [4.78, 5) is 21.1.